The van der Waals surface area contributed by atoms with E-state index >= 15 is 0 Å². The van der Waals surface area contributed by atoms with Gasteiger partial charge in [0.05, 0.1) is 0 Å². The standard InChI is InChI=1S/C24H16/c1-13-3-5-15-7-9-17-11-12-18-10-8-16-6-4-14(2)20-19(13)21(15)23(17)24(18)22(16)20/h3-12H,1-2H3. The monoisotopic (exact) mass is 304 g/mol. The summed E-state index contributed by atoms with van der Waals surface area (Å²) >= 11 is 0. The van der Waals surface area contributed by atoms with Crippen LogP contribution in [0.4, 0.5) is 0 Å². The molecule has 0 fully saturated rings. The summed E-state index contributed by atoms with van der Waals surface area (Å²) in [6.07, 6.45) is 0. The fraction of sp³-hybridized carbons (Fsp3) is 0.0833. The minimum atomic E-state index is 1.35. The van der Waals surface area contributed by atoms with E-state index in [0.717, 1.165) is 0 Å². The molecule has 112 valence electrons. The van der Waals surface area contributed by atoms with E-state index in [-0.39, 0.29) is 0 Å². The van der Waals surface area contributed by atoms with Crippen LogP contribution in [0.1, 0.15) is 11.1 Å². The van der Waals surface area contributed by atoms with Crippen LogP contribution in [-0.4, -0.2) is 0 Å². The zero-order valence-electron chi connectivity index (χ0n) is 13.8. The Bertz CT molecular complexity index is 1280. The number of benzene rings is 6. The maximum Gasteiger partial charge on any atom is -0.00140 e. The Morgan fingerprint density at radius 2 is 0.583 bits per heavy atom. The van der Waals surface area contributed by atoms with Gasteiger partial charge in [0.1, 0.15) is 0 Å². The third-order valence-electron chi connectivity index (χ3n) is 5.80. The van der Waals surface area contributed by atoms with Gasteiger partial charge in [-0.15, -0.1) is 0 Å². The molecule has 0 saturated heterocycles. The molecule has 0 heteroatoms. The number of hydrogen-bond donors (Lipinski definition) is 0. The molecule has 6 rings (SSSR count). The highest BCUT2D eigenvalue weighted by Gasteiger charge is 2.18. The van der Waals surface area contributed by atoms with E-state index in [0.29, 0.717) is 0 Å². The summed E-state index contributed by atoms with van der Waals surface area (Å²) in [5.74, 6) is 0. The second kappa shape index (κ2) is 3.96. The Kier molecular flexibility index (Phi) is 2.07. The van der Waals surface area contributed by atoms with Crippen LogP contribution >= 0.6 is 0 Å². The van der Waals surface area contributed by atoms with Crippen molar-refractivity contribution in [1.29, 1.82) is 0 Å². The number of rotatable bonds is 0. The summed E-state index contributed by atoms with van der Waals surface area (Å²) < 4.78 is 0. The molecule has 0 amide bonds. The smallest absolute Gasteiger partial charge is 0.00140 e. The molecule has 24 heavy (non-hydrogen) atoms. The highest BCUT2D eigenvalue weighted by atomic mass is 14.2. The van der Waals surface area contributed by atoms with Gasteiger partial charge in [-0.2, -0.15) is 0 Å². The van der Waals surface area contributed by atoms with Gasteiger partial charge in [0.15, 0.2) is 0 Å². The van der Waals surface area contributed by atoms with Crippen LogP contribution in [0, 0.1) is 13.8 Å². The fourth-order valence-electron chi connectivity index (χ4n) is 4.72. The summed E-state index contributed by atoms with van der Waals surface area (Å²) in [5, 5.41) is 14.0. The second-order valence-electron chi connectivity index (χ2n) is 7.10. The Morgan fingerprint density at radius 3 is 0.917 bits per heavy atom. The topological polar surface area (TPSA) is 0 Å². The van der Waals surface area contributed by atoms with Crippen LogP contribution in [0.5, 0.6) is 0 Å². The van der Waals surface area contributed by atoms with E-state index in [4.69, 9.17) is 0 Å². The fourth-order valence-corrected chi connectivity index (χ4v) is 4.72. The molecular weight excluding hydrogens is 288 g/mol. The first kappa shape index (κ1) is 12.5. The maximum absolute atomic E-state index is 2.27. The van der Waals surface area contributed by atoms with Gasteiger partial charge >= 0.3 is 0 Å². The predicted molar refractivity (Wildman–Crippen MR) is 106 cm³/mol. The molecule has 0 unspecified atom stereocenters. The minimum Gasteiger partial charge on any atom is -0.0581 e. The van der Waals surface area contributed by atoms with Gasteiger partial charge in [-0.05, 0) is 78.8 Å². The van der Waals surface area contributed by atoms with Crippen molar-refractivity contribution >= 4 is 53.9 Å². The van der Waals surface area contributed by atoms with Crippen LogP contribution in [-0.2, 0) is 0 Å². The largest absolute Gasteiger partial charge is 0.0581 e. The summed E-state index contributed by atoms with van der Waals surface area (Å²) in [6.45, 7) is 4.50. The van der Waals surface area contributed by atoms with Gasteiger partial charge in [-0.3, -0.25) is 0 Å². The average Bonchev–Trinajstić information content (AvgIpc) is 2.61. The molecule has 0 N–H and O–H groups in total. The Labute approximate surface area is 140 Å². The Hall–Kier alpha value is -2.86. The van der Waals surface area contributed by atoms with Crippen LogP contribution in [0.2, 0.25) is 0 Å². The maximum atomic E-state index is 2.27. The molecule has 0 saturated carbocycles. The van der Waals surface area contributed by atoms with Gasteiger partial charge in [-0.25, -0.2) is 0 Å². The summed E-state index contributed by atoms with van der Waals surface area (Å²) in [6, 6.07) is 22.7. The second-order valence-corrected chi connectivity index (χ2v) is 7.10. The summed E-state index contributed by atoms with van der Waals surface area (Å²) in [4.78, 5) is 0. The Balaban J connectivity index is 2.22. The van der Waals surface area contributed by atoms with Crippen molar-refractivity contribution in [3.63, 3.8) is 0 Å². The third kappa shape index (κ3) is 1.28. The zero-order chi connectivity index (χ0) is 16.0. The first-order valence-corrected chi connectivity index (χ1v) is 8.55. The SMILES string of the molecule is Cc1ccc2ccc3ccc4ccc5ccc(C)c6c1c2c3c4c56. The predicted octanol–water partition coefficient (Wildman–Crippen LogP) is 6.95. The van der Waals surface area contributed by atoms with Crippen molar-refractivity contribution in [2.24, 2.45) is 0 Å². The van der Waals surface area contributed by atoms with E-state index < -0.39 is 0 Å². The van der Waals surface area contributed by atoms with Gasteiger partial charge < -0.3 is 0 Å². The highest BCUT2D eigenvalue weighted by Crippen LogP contribution is 2.46. The first-order valence-electron chi connectivity index (χ1n) is 8.55. The lowest BCUT2D eigenvalue weighted by Gasteiger charge is -2.20. The number of aryl methyl sites for hydroxylation is 2. The molecule has 6 aromatic rings. The number of hydrogen-bond acceptors (Lipinski definition) is 0. The summed E-state index contributed by atoms with van der Waals surface area (Å²) in [5.41, 5.74) is 2.74. The highest BCUT2D eigenvalue weighted by molar-refractivity contribution is 6.40. The molecule has 0 aromatic heterocycles. The Morgan fingerprint density at radius 1 is 0.333 bits per heavy atom. The quantitative estimate of drug-likeness (QED) is 0.210. The van der Waals surface area contributed by atoms with E-state index in [9.17, 15) is 0 Å². The van der Waals surface area contributed by atoms with Crippen LogP contribution in [0.3, 0.4) is 0 Å². The van der Waals surface area contributed by atoms with Gasteiger partial charge in [-0.1, -0.05) is 60.7 Å². The molecule has 0 aliphatic rings. The van der Waals surface area contributed by atoms with E-state index in [1.807, 2.05) is 0 Å². The van der Waals surface area contributed by atoms with Crippen LogP contribution < -0.4 is 0 Å². The van der Waals surface area contributed by atoms with Crippen molar-refractivity contribution in [2.45, 2.75) is 13.8 Å². The molecular formula is C24H16. The van der Waals surface area contributed by atoms with Crippen LogP contribution in [0.15, 0.2) is 60.7 Å². The molecule has 0 radical (unpaired) electrons. The average molecular weight is 304 g/mol. The van der Waals surface area contributed by atoms with E-state index in [2.05, 4.69) is 74.5 Å². The molecule has 0 heterocycles. The molecule has 0 bridgehead atoms. The molecule has 0 aliphatic heterocycles. The summed E-state index contributed by atoms with van der Waals surface area (Å²) in [7, 11) is 0. The lowest BCUT2D eigenvalue weighted by molar-refractivity contribution is 1.53. The molecule has 0 aliphatic carbocycles. The van der Waals surface area contributed by atoms with Gasteiger partial charge in [0.25, 0.3) is 0 Å². The van der Waals surface area contributed by atoms with E-state index in [1.165, 1.54) is 65.0 Å². The van der Waals surface area contributed by atoms with Crippen molar-refractivity contribution in [3.05, 3.63) is 71.8 Å². The van der Waals surface area contributed by atoms with E-state index in [1.54, 1.807) is 0 Å². The molecule has 0 atom stereocenters. The van der Waals surface area contributed by atoms with Crippen molar-refractivity contribution in [1.82, 2.24) is 0 Å². The van der Waals surface area contributed by atoms with Gasteiger partial charge in [0.2, 0.25) is 0 Å². The van der Waals surface area contributed by atoms with Gasteiger partial charge in [0, 0.05) is 0 Å². The molecule has 0 nitrogen and oxygen atoms in total. The zero-order valence-corrected chi connectivity index (χ0v) is 13.8. The van der Waals surface area contributed by atoms with Crippen molar-refractivity contribution in [3.8, 4) is 0 Å². The van der Waals surface area contributed by atoms with Crippen molar-refractivity contribution in [2.75, 3.05) is 0 Å². The van der Waals surface area contributed by atoms with Crippen molar-refractivity contribution < 1.29 is 0 Å². The lowest BCUT2D eigenvalue weighted by Crippen LogP contribution is -1.93. The van der Waals surface area contributed by atoms with Crippen LogP contribution in [0.25, 0.3) is 53.9 Å². The first-order chi connectivity index (χ1) is 11.7. The minimum absolute atomic E-state index is 1.35. The normalized spacial score (nSPS) is 12.6. The lowest BCUT2D eigenvalue weighted by atomic mass is 9.83. The molecule has 6 aromatic carbocycles. The number of fused-ring (bicyclic) bond motifs is 1. The third-order valence-corrected chi connectivity index (χ3v) is 5.80. The molecule has 0 spiro atoms.